The van der Waals surface area contributed by atoms with Crippen LogP contribution in [-0.4, -0.2) is 34.9 Å². The maximum atomic E-state index is 12.3. The first-order valence-electron chi connectivity index (χ1n) is 19.6. The lowest BCUT2D eigenvalue weighted by molar-refractivity contribution is -0.123. The van der Waals surface area contributed by atoms with Crippen molar-refractivity contribution in [1.82, 2.24) is 5.32 Å². The Morgan fingerprint density at radius 3 is 1.41 bits per heavy atom. The Kier molecular flexibility index (Phi) is 37.1. The van der Waals surface area contributed by atoms with Gasteiger partial charge in [0.1, 0.15) is 0 Å². The van der Waals surface area contributed by atoms with E-state index in [0.717, 1.165) is 96.3 Å². The summed E-state index contributed by atoms with van der Waals surface area (Å²) in [5, 5.41) is 22.9. The Bertz CT molecular complexity index is 995. The molecule has 0 bridgehead atoms. The molecular weight excluding hydrogens is 602 g/mol. The van der Waals surface area contributed by atoms with Crippen molar-refractivity contribution >= 4 is 5.91 Å². The fourth-order valence-corrected chi connectivity index (χ4v) is 4.97. The first kappa shape index (κ1) is 46.1. The number of aliphatic hydroxyl groups is 2. The summed E-state index contributed by atoms with van der Waals surface area (Å²) in [7, 11) is 0. The Morgan fingerprint density at radius 1 is 0.510 bits per heavy atom. The molecule has 4 nitrogen and oxygen atoms in total. The number of unbranched alkanes of at least 4 members (excludes halogenated alkanes) is 10. The molecule has 0 aromatic carbocycles. The molecule has 0 aromatic heterocycles. The number of allylic oxidation sites excluding steroid dienone is 17. The van der Waals surface area contributed by atoms with Crippen LogP contribution < -0.4 is 5.32 Å². The van der Waals surface area contributed by atoms with Crippen LogP contribution in [0.4, 0.5) is 0 Å². The van der Waals surface area contributed by atoms with Crippen LogP contribution >= 0.6 is 0 Å². The Hall–Kier alpha value is -2.95. The highest BCUT2D eigenvalue weighted by Gasteiger charge is 2.17. The van der Waals surface area contributed by atoms with E-state index < -0.39 is 12.1 Å². The Balaban J connectivity index is 3.80. The summed E-state index contributed by atoms with van der Waals surface area (Å²) < 4.78 is 0. The number of nitrogens with one attached hydrogen (secondary N) is 1. The van der Waals surface area contributed by atoms with Crippen molar-refractivity contribution in [3.05, 3.63) is 109 Å². The molecule has 0 aliphatic heterocycles. The molecule has 2 unspecified atom stereocenters. The van der Waals surface area contributed by atoms with Crippen LogP contribution in [0.25, 0.3) is 0 Å². The van der Waals surface area contributed by atoms with Crippen molar-refractivity contribution in [3.63, 3.8) is 0 Å². The monoisotopic (exact) mass is 676 g/mol. The van der Waals surface area contributed by atoms with Crippen LogP contribution in [0.2, 0.25) is 0 Å². The standard InChI is InChI=1S/C45H73NO3/c1-3-5-7-9-11-13-15-17-19-20-21-22-23-24-25-26-27-29-31-33-35-37-39-41-45(49)46-43(42-47)44(48)40-38-36-34-32-30-28-18-16-14-12-10-8-6-4-2/h5,7,11,13-14,16-17,19,21-22,24-25,27,29-30,32,38,40,43-44,47-48H,3-4,6,8-10,12,15,18,20,23,26,28,31,33-37,39,41-42H2,1-2H3,(H,46,49)/b7-5-,13-11-,16-14+,19-17-,22-21-,25-24-,29-27-,32-30+,40-38+. The van der Waals surface area contributed by atoms with Gasteiger partial charge in [-0.05, 0) is 96.3 Å². The zero-order valence-electron chi connectivity index (χ0n) is 31.4. The molecule has 0 aromatic rings. The van der Waals surface area contributed by atoms with Crippen LogP contribution in [0.1, 0.15) is 149 Å². The minimum atomic E-state index is -0.887. The van der Waals surface area contributed by atoms with E-state index in [0.29, 0.717) is 6.42 Å². The summed E-state index contributed by atoms with van der Waals surface area (Å²) in [6, 6.07) is -0.666. The topological polar surface area (TPSA) is 69.6 Å². The minimum Gasteiger partial charge on any atom is -0.394 e. The molecule has 0 saturated heterocycles. The molecule has 0 heterocycles. The summed E-state index contributed by atoms with van der Waals surface area (Å²) >= 11 is 0. The largest absolute Gasteiger partial charge is 0.394 e. The van der Waals surface area contributed by atoms with E-state index >= 15 is 0 Å². The molecule has 0 saturated carbocycles. The van der Waals surface area contributed by atoms with Gasteiger partial charge in [-0.15, -0.1) is 0 Å². The second-order valence-electron chi connectivity index (χ2n) is 12.6. The number of carbonyl (C=O) groups excluding carboxylic acids is 1. The molecule has 0 aliphatic carbocycles. The van der Waals surface area contributed by atoms with Gasteiger partial charge in [-0.1, -0.05) is 155 Å². The molecule has 1 amide bonds. The molecule has 49 heavy (non-hydrogen) atoms. The molecule has 0 fully saturated rings. The second-order valence-corrected chi connectivity index (χ2v) is 12.6. The average Bonchev–Trinajstić information content (AvgIpc) is 3.10. The number of carbonyl (C=O) groups is 1. The van der Waals surface area contributed by atoms with Gasteiger partial charge >= 0.3 is 0 Å². The third-order valence-electron chi connectivity index (χ3n) is 7.97. The highest BCUT2D eigenvalue weighted by atomic mass is 16.3. The normalized spacial score (nSPS) is 14.3. The van der Waals surface area contributed by atoms with Crippen molar-refractivity contribution in [2.24, 2.45) is 0 Å². The first-order chi connectivity index (χ1) is 24.2. The maximum absolute atomic E-state index is 12.3. The lowest BCUT2D eigenvalue weighted by Gasteiger charge is -2.19. The molecule has 3 N–H and O–H groups in total. The van der Waals surface area contributed by atoms with Gasteiger partial charge in [0, 0.05) is 6.42 Å². The number of hydrogen-bond donors (Lipinski definition) is 3. The van der Waals surface area contributed by atoms with E-state index in [9.17, 15) is 15.0 Å². The molecule has 0 radical (unpaired) electrons. The van der Waals surface area contributed by atoms with Crippen molar-refractivity contribution in [2.45, 2.75) is 161 Å². The SMILES string of the molecule is CC/C=C\C/C=C\C/C=C\C/C=C\C/C=C\C/C=C\CCCCCCC(=O)NC(CO)C(O)/C=C/CC/C=C/CC/C=C/CCCCCC. The minimum absolute atomic E-state index is 0.110. The molecule has 4 heteroatoms. The van der Waals surface area contributed by atoms with Crippen LogP contribution in [0.15, 0.2) is 109 Å². The summed E-state index contributed by atoms with van der Waals surface area (Å²) in [6.07, 6.45) is 60.3. The predicted octanol–water partition coefficient (Wildman–Crippen LogP) is 12.1. The van der Waals surface area contributed by atoms with E-state index in [4.69, 9.17) is 0 Å². The van der Waals surface area contributed by atoms with Gasteiger partial charge in [-0.25, -0.2) is 0 Å². The van der Waals surface area contributed by atoms with Gasteiger partial charge < -0.3 is 15.5 Å². The smallest absolute Gasteiger partial charge is 0.220 e. The third-order valence-corrected chi connectivity index (χ3v) is 7.97. The van der Waals surface area contributed by atoms with Crippen molar-refractivity contribution in [3.8, 4) is 0 Å². The van der Waals surface area contributed by atoms with Crippen molar-refractivity contribution in [2.75, 3.05) is 6.61 Å². The number of amides is 1. The van der Waals surface area contributed by atoms with Gasteiger partial charge in [-0.3, -0.25) is 4.79 Å². The molecule has 0 aliphatic rings. The van der Waals surface area contributed by atoms with Gasteiger partial charge in [-0.2, -0.15) is 0 Å². The van der Waals surface area contributed by atoms with Gasteiger partial charge in [0.15, 0.2) is 0 Å². The van der Waals surface area contributed by atoms with Crippen LogP contribution in [0, 0.1) is 0 Å². The van der Waals surface area contributed by atoms with Crippen molar-refractivity contribution < 1.29 is 15.0 Å². The van der Waals surface area contributed by atoms with Crippen LogP contribution in [0.5, 0.6) is 0 Å². The molecule has 0 rings (SSSR count). The van der Waals surface area contributed by atoms with E-state index in [1.807, 2.05) is 6.08 Å². The number of hydrogen-bond acceptors (Lipinski definition) is 3. The van der Waals surface area contributed by atoms with Gasteiger partial charge in [0.2, 0.25) is 5.91 Å². The number of aliphatic hydroxyl groups excluding tert-OH is 2. The van der Waals surface area contributed by atoms with Crippen LogP contribution in [-0.2, 0) is 4.79 Å². The predicted molar refractivity (Wildman–Crippen MR) is 216 cm³/mol. The lowest BCUT2D eigenvalue weighted by atomic mass is 10.1. The summed E-state index contributed by atoms with van der Waals surface area (Å²) in [4.78, 5) is 12.3. The Morgan fingerprint density at radius 2 is 0.918 bits per heavy atom. The lowest BCUT2D eigenvalue weighted by Crippen LogP contribution is -2.45. The zero-order valence-corrected chi connectivity index (χ0v) is 31.4. The molecular formula is C45H73NO3. The quantitative estimate of drug-likeness (QED) is 0.0479. The fraction of sp³-hybridized carbons (Fsp3) is 0.578. The maximum Gasteiger partial charge on any atom is 0.220 e. The number of rotatable bonds is 33. The fourth-order valence-electron chi connectivity index (χ4n) is 4.97. The van der Waals surface area contributed by atoms with E-state index in [2.05, 4.69) is 116 Å². The summed E-state index contributed by atoms with van der Waals surface area (Å²) in [5.41, 5.74) is 0. The summed E-state index contributed by atoms with van der Waals surface area (Å²) in [6.45, 7) is 4.12. The third kappa shape index (κ3) is 36.2. The van der Waals surface area contributed by atoms with E-state index in [-0.39, 0.29) is 12.5 Å². The van der Waals surface area contributed by atoms with Gasteiger partial charge in [0.25, 0.3) is 0 Å². The van der Waals surface area contributed by atoms with Gasteiger partial charge in [0.05, 0.1) is 18.8 Å². The molecule has 2 atom stereocenters. The highest BCUT2D eigenvalue weighted by molar-refractivity contribution is 5.76. The van der Waals surface area contributed by atoms with Crippen molar-refractivity contribution in [1.29, 1.82) is 0 Å². The van der Waals surface area contributed by atoms with Crippen LogP contribution in [0.3, 0.4) is 0 Å². The van der Waals surface area contributed by atoms with E-state index in [1.165, 1.54) is 32.1 Å². The second kappa shape index (κ2) is 39.5. The molecule has 276 valence electrons. The Labute approximate surface area is 302 Å². The van der Waals surface area contributed by atoms with E-state index in [1.54, 1.807) is 6.08 Å². The molecule has 0 spiro atoms. The zero-order chi connectivity index (χ0) is 35.7. The average molecular weight is 676 g/mol. The highest BCUT2D eigenvalue weighted by Crippen LogP contribution is 2.08. The first-order valence-corrected chi connectivity index (χ1v) is 19.6. The summed E-state index contributed by atoms with van der Waals surface area (Å²) in [5.74, 6) is -0.110.